The molecule has 0 amide bonds. The second-order valence-electron chi connectivity index (χ2n) is 10.2. The van der Waals surface area contributed by atoms with Crippen molar-refractivity contribution in [3.8, 4) is 12.1 Å². The summed E-state index contributed by atoms with van der Waals surface area (Å²) in [4.78, 5) is 38.3. The fourth-order valence-electron chi connectivity index (χ4n) is 5.31. The lowest BCUT2D eigenvalue weighted by molar-refractivity contribution is 0.0691. The van der Waals surface area contributed by atoms with Gasteiger partial charge in [-0.15, -0.1) is 0 Å². The van der Waals surface area contributed by atoms with Crippen molar-refractivity contribution < 1.29 is 9.90 Å². The molecular formula is C30H27ClN8O3. The van der Waals surface area contributed by atoms with Crippen molar-refractivity contribution in [2.45, 2.75) is 26.8 Å². The van der Waals surface area contributed by atoms with E-state index in [-0.39, 0.29) is 22.1 Å². The molecular weight excluding hydrogens is 556 g/mol. The van der Waals surface area contributed by atoms with E-state index >= 15 is 0 Å². The molecule has 1 saturated heterocycles. The smallest absolute Gasteiger partial charge is 0.356 e. The van der Waals surface area contributed by atoms with E-state index in [2.05, 4.69) is 27.3 Å². The summed E-state index contributed by atoms with van der Waals surface area (Å²) in [6.45, 7) is 7.98. The summed E-state index contributed by atoms with van der Waals surface area (Å²) in [6, 6.07) is 14.3. The van der Waals surface area contributed by atoms with Gasteiger partial charge in [-0.1, -0.05) is 11.6 Å². The monoisotopic (exact) mass is 582 g/mol. The van der Waals surface area contributed by atoms with Crippen LogP contribution in [-0.2, 0) is 0 Å². The Bertz CT molecular complexity index is 1870. The van der Waals surface area contributed by atoms with Crippen molar-refractivity contribution >= 4 is 40.4 Å². The first-order valence-corrected chi connectivity index (χ1v) is 13.6. The minimum Gasteiger partial charge on any atom is -0.476 e. The van der Waals surface area contributed by atoms with E-state index in [9.17, 15) is 25.2 Å². The molecule has 0 bridgehead atoms. The Balaban J connectivity index is 1.51. The van der Waals surface area contributed by atoms with Crippen molar-refractivity contribution in [3.05, 3.63) is 91.6 Å². The molecule has 1 aromatic carbocycles. The van der Waals surface area contributed by atoms with Crippen molar-refractivity contribution in [1.29, 1.82) is 10.5 Å². The minimum absolute atomic E-state index is 0.0391. The van der Waals surface area contributed by atoms with Gasteiger partial charge in [0, 0.05) is 43.6 Å². The number of nitriles is 2. The van der Waals surface area contributed by atoms with Crippen LogP contribution in [0.15, 0.2) is 47.4 Å². The van der Waals surface area contributed by atoms with E-state index in [1.54, 1.807) is 18.3 Å². The number of hydrogen-bond acceptors (Lipinski definition) is 9. The zero-order chi connectivity index (χ0) is 30.1. The summed E-state index contributed by atoms with van der Waals surface area (Å²) >= 11 is 5.92. The van der Waals surface area contributed by atoms with Crippen LogP contribution in [0.1, 0.15) is 51.3 Å². The summed E-state index contributed by atoms with van der Waals surface area (Å²) in [5, 5.41) is 32.0. The number of anilines is 3. The Morgan fingerprint density at radius 3 is 2.40 bits per heavy atom. The van der Waals surface area contributed by atoms with Gasteiger partial charge in [0.25, 0.3) is 5.56 Å². The van der Waals surface area contributed by atoms with E-state index in [1.165, 1.54) is 10.5 Å². The van der Waals surface area contributed by atoms with Crippen LogP contribution < -0.4 is 20.7 Å². The summed E-state index contributed by atoms with van der Waals surface area (Å²) < 4.78 is 1.37. The second kappa shape index (κ2) is 11.4. The fourth-order valence-corrected chi connectivity index (χ4v) is 5.45. The third-order valence-corrected chi connectivity index (χ3v) is 7.54. The first kappa shape index (κ1) is 28.4. The molecule has 0 spiro atoms. The molecule has 42 heavy (non-hydrogen) atoms. The van der Waals surface area contributed by atoms with E-state index in [1.807, 2.05) is 43.9 Å². The number of fused-ring (bicyclic) bond motifs is 1. The molecule has 1 fully saturated rings. The molecule has 4 aromatic rings. The Hall–Kier alpha value is -5.13. The molecule has 212 valence electrons. The summed E-state index contributed by atoms with van der Waals surface area (Å²) in [6.07, 6.45) is 1.64. The van der Waals surface area contributed by atoms with Crippen LogP contribution in [-0.4, -0.2) is 51.6 Å². The van der Waals surface area contributed by atoms with Gasteiger partial charge in [-0.25, -0.2) is 14.8 Å². The van der Waals surface area contributed by atoms with Crippen molar-refractivity contribution in [2.24, 2.45) is 0 Å². The topological polar surface area (TPSA) is 151 Å². The van der Waals surface area contributed by atoms with Crippen molar-refractivity contribution in [1.82, 2.24) is 14.4 Å². The molecule has 1 atom stereocenters. The molecule has 4 heterocycles. The van der Waals surface area contributed by atoms with Crippen LogP contribution in [0.3, 0.4) is 0 Å². The standard InChI is InChI=1S/C30H27ClN8O3/c1-17-12-21(19(3)34-23-5-7-25(31)35-26(23)30(41)42)28-36-27(22(15-33)29(40)39(28)16-17)38-10-8-37(9-11-38)24-6-4-20(14-32)13-18(24)2/h4-7,12-13,16,19,34H,8-11H2,1-3H3,(H,41,42)/t19-/m1/s1. The third kappa shape index (κ3) is 5.30. The highest BCUT2D eigenvalue weighted by molar-refractivity contribution is 6.29. The number of rotatable bonds is 6. The number of aryl methyl sites for hydroxylation is 2. The zero-order valence-corrected chi connectivity index (χ0v) is 24.0. The van der Waals surface area contributed by atoms with E-state index in [0.717, 1.165) is 16.8 Å². The molecule has 1 aliphatic heterocycles. The number of pyridine rings is 2. The molecule has 0 saturated carbocycles. The van der Waals surface area contributed by atoms with Gasteiger partial charge in [0.2, 0.25) is 0 Å². The van der Waals surface area contributed by atoms with Crippen LogP contribution in [0.25, 0.3) is 5.65 Å². The van der Waals surface area contributed by atoms with Crippen molar-refractivity contribution in [2.75, 3.05) is 41.3 Å². The number of carboxylic acid groups (broad SMARTS) is 1. The number of carbonyl (C=O) groups is 1. The molecule has 2 N–H and O–H groups in total. The summed E-state index contributed by atoms with van der Waals surface area (Å²) in [5.74, 6) is -0.915. The van der Waals surface area contributed by atoms with Crippen LogP contribution in [0.4, 0.5) is 17.2 Å². The normalized spacial score (nSPS) is 13.9. The van der Waals surface area contributed by atoms with Gasteiger partial charge in [0.1, 0.15) is 16.9 Å². The third-order valence-electron chi connectivity index (χ3n) is 7.33. The van der Waals surface area contributed by atoms with Gasteiger partial charge in [-0.05, 0) is 68.3 Å². The predicted molar refractivity (Wildman–Crippen MR) is 159 cm³/mol. The molecule has 11 nitrogen and oxygen atoms in total. The molecule has 0 radical (unpaired) electrons. The Labute approximate surface area is 246 Å². The number of aromatic carboxylic acids is 1. The molecule has 1 aliphatic rings. The van der Waals surface area contributed by atoms with Crippen LogP contribution in [0.5, 0.6) is 0 Å². The van der Waals surface area contributed by atoms with Crippen LogP contribution in [0, 0.1) is 36.5 Å². The van der Waals surface area contributed by atoms with Gasteiger partial charge in [-0.2, -0.15) is 10.5 Å². The first-order valence-electron chi connectivity index (χ1n) is 13.2. The van der Waals surface area contributed by atoms with Gasteiger partial charge >= 0.3 is 5.97 Å². The highest BCUT2D eigenvalue weighted by Crippen LogP contribution is 2.29. The first-order chi connectivity index (χ1) is 20.1. The number of benzene rings is 1. The maximum absolute atomic E-state index is 13.6. The number of nitrogens with zero attached hydrogens (tertiary/aromatic N) is 7. The van der Waals surface area contributed by atoms with E-state index < -0.39 is 17.6 Å². The number of aromatic nitrogens is 3. The number of hydrogen-bond donors (Lipinski definition) is 2. The van der Waals surface area contributed by atoms with Crippen LogP contribution in [0.2, 0.25) is 5.15 Å². The van der Waals surface area contributed by atoms with Crippen LogP contribution >= 0.6 is 11.6 Å². The lowest BCUT2D eigenvalue weighted by Crippen LogP contribution is -2.47. The second-order valence-corrected chi connectivity index (χ2v) is 10.6. The minimum atomic E-state index is -1.23. The van der Waals surface area contributed by atoms with Crippen molar-refractivity contribution in [3.63, 3.8) is 0 Å². The number of carboxylic acids is 1. The highest BCUT2D eigenvalue weighted by atomic mass is 35.5. The number of halogens is 1. The molecule has 3 aromatic heterocycles. The lowest BCUT2D eigenvalue weighted by atomic mass is 10.1. The molecule has 0 unspecified atom stereocenters. The average molecular weight is 583 g/mol. The maximum atomic E-state index is 13.6. The summed E-state index contributed by atoms with van der Waals surface area (Å²) in [5.41, 5.74) is 3.97. The fraction of sp³-hybridized carbons (Fsp3) is 0.267. The maximum Gasteiger partial charge on any atom is 0.356 e. The zero-order valence-electron chi connectivity index (χ0n) is 23.2. The Morgan fingerprint density at radius 2 is 1.76 bits per heavy atom. The SMILES string of the molecule is Cc1cc([C@@H](C)Nc2ccc(Cl)nc2C(=O)O)c2nc(N3CCN(c4ccc(C#N)cc4C)CC3)c(C#N)c(=O)n2c1. The summed E-state index contributed by atoms with van der Waals surface area (Å²) in [7, 11) is 0. The largest absolute Gasteiger partial charge is 0.476 e. The van der Waals surface area contributed by atoms with E-state index in [4.69, 9.17) is 16.6 Å². The number of piperazine rings is 1. The van der Waals surface area contributed by atoms with Gasteiger partial charge in [0.15, 0.2) is 17.1 Å². The molecule has 0 aliphatic carbocycles. The number of nitrogens with one attached hydrogen (secondary N) is 1. The van der Waals surface area contributed by atoms with Gasteiger partial charge in [-0.3, -0.25) is 9.20 Å². The lowest BCUT2D eigenvalue weighted by Gasteiger charge is -2.37. The Kier molecular flexibility index (Phi) is 7.70. The molecule has 5 rings (SSSR count). The van der Waals surface area contributed by atoms with Gasteiger partial charge < -0.3 is 20.2 Å². The predicted octanol–water partition coefficient (Wildman–Crippen LogP) is 4.30. The highest BCUT2D eigenvalue weighted by Gasteiger charge is 2.26. The van der Waals surface area contributed by atoms with E-state index in [0.29, 0.717) is 48.8 Å². The quantitative estimate of drug-likeness (QED) is 0.315. The average Bonchev–Trinajstić information content (AvgIpc) is 2.97. The Morgan fingerprint density at radius 1 is 1.05 bits per heavy atom. The van der Waals surface area contributed by atoms with Gasteiger partial charge in [0.05, 0.1) is 23.4 Å². The molecule has 12 heteroatoms.